The predicted molar refractivity (Wildman–Crippen MR) is 110 cm³/mol. The number of aromatic nitrogens is 1. The van der Waals surface area contributed by atoms with Gasteiger partial charge in [0.2, 0.25) is 0 Å². The number of rotatable bonds is 6. The second-order valence-corrected chi connectivity index (χ2v) is 6.66. The lowest BCUT2D eigenvalue weighted by Gasteiger charge is -2.05. The molecule has 0 aliphatic rings. The Labute approximate surface area is 162 Å². The number of carbonyl (C=O) groups is 1. The molecule has 0 aliphatic heterocycles. The van der Waals surface area contributed by atoms with Gasteiger partial charge in [-0.3, -0.25) is 4.79 Å². The van der Waals surface area contributed by atoms with Crippen molar-refractivity contribution in [2.24, 2.45) is 0 Å². The molecule has 0 saturated heterocycles. The summed E-state index contributed by atoms with van der Waals surface area (Å²) in [5, 5.41) is 3.87. The van der Waals surface area contributed by atoms with Crippen molar-refractivity contribution in [3.05, 3.63) is 53.1 Å². The van der Waals surface area contributed by atoms with Gasteiger partial charge < -0.3 is 10.1 Å². The molecule has 0 atom stereocenters. The summed E-state index contributed by atoms with van der Waals surface area (Å²) >= 11 is 1.53. The van der Waals surface area contributed by atoms with E-state index >= 15 is 0 Å². The molecule has 0 radical (unpaired) electrons. The highest BCUT2D eigenvalue weighted by molar-refractivity contribution is 8.93. The monoisotopic (exact) mass is 420 g/mol. The predicted octanol–water partition coefficient (Wildman–Crippen LogP) is 5.18. The number of ether oxygens (including phenoxy) is 1. The van der Waals surface area contributed by atoms with Gasteiger partial charge in [0.1, 0.15) is 11.3 Å². The fraction of sp³-hybridized carbons (Fsp3) is 0.263. The number of carbonyl (C=O) groups excluding carboxylic acids is 1. The van der Waals surface area contributed by atoms with Crippen LogP contribution in [0.1, 0.15) is 28.4 Å². The second kappa shape index (κ2) is 8.45. The summed E-state index contributed by atoms with van der Waals surface area (Å²) in [6.07, 6.45) is 0. The van der Waals surface area contributed by atoms with Crippen LogP contribution in [0, 0.1) is 13.8 Å². The molecule has 4 nitrogen and oxygen atoms in total. The van der Waals surface area contributed by atoms with Crippen LogP contribution >= 0.6 is 28.3 Å². The van der Waals surface area contributed by atoms with Gasteiger partial charge in [0.15, 0.2) is 10.9 Å². The van der Waals surface area contributed by atoms with Gasteiger partial charge in [0.25, 0.3) is 0 Å². The Morgan fingerprint density at radius 1 is 1.20 bits per heavy atom. The maximum atomic E-state index is 12.4. The summed E-state index contributed by atoms with van der Waals surface area (Å²) in [6.45, 7) is 6.84. The van der Waals surface area contributed by atoms with Gasteiger partial charge >= 0.3 is 0 Å². The molecule has 0 aliphatic carbocycles. The Morgan fingerprint density at radius 3 is 2.72 bits per heavy atom. The number of benzene rings is 2. The van der Waals surface area contributed by atoms with Crippen LogP contribution in [0.5, 0.6) is 5.75 Å². The number of ketones is 1. The quantitative estimate of drug-likeness (QED) is 0.557. The number of fused-ring (bicyclic) bond motifs is 1. The van der Waals surface area contributed by atoms with E-state index < -0.39 is 0 Å². The topological polar surface area (TPSA) is 51.2 Å². The van der Waals surface area contributed by atoms with Gasteiger partial charge in [-0.2, -0.15) is 0 Å². The molecule has 0 amide bonds. The second-order valence-electron chi connectivity index (χ2n) is 5.63. The first kappa shape index (κ1) is 19.4. The van der Waals surface area contributed by atoms with E-state index in [1.165, 1.54) is 16.9 Å². The van der Waals surface area contributed by atoms with Crippen molar-refractivity contribution in [3.8, 4) is 5.75 Å². The van der Waals surface area contributed by atoms with Gasteiger partial charge in [-0.05, 0) is 50.1 Å². The molecular weight excluding hydrogens is 400 g/mol. The Balaban J connectivity index is 0.00000225. The van der Waals surface area contributed by atoms with Crippen molar-refractivity contribution in [2.75, 3.05) is 18.5 Å². The van der Waals surface area contributed by atoms with Crippen molar-refractivity contribution >= 4 is 49.4 Å². The van der Waals surface area contributed by atoms with E-state index in [0.717, 1.165) is 32.2 Å². The van der Waals surface area contributed by atoms with Crippen molar-refractivity contribution in [3.63, 3.8) is 0 Å². The van der Waals surface area contributed by atoms with Gasteiger partial charge in [-0.15, -0.1) is 17.0 Å². The molecule has 0 spiro atoms. The molecule has 2 aromatic carbocycles. The fourth-order valence-electron chi connectivity index (χ4n) is 2.44. The first-order valence-electron chi connectivity index (χ1n) is 7.95. The number of para-hydroxylation sites is 1. The van der Waals surface area contributed by atoms with Crippen LogP contribution in [-0.2, 0) is 0 Å². The molecule has 0 saturated carbocycles. The Hall–Kier alpha value is -1.92. The minimum atomic E-state index is 0. The molecule has 3 rings (SSSR count). The van der Waals surface area contributed by atoms with Crippen molar-refractivity contribution < 1.29 is 9.53 Å². The molecule has 1 heterocycles. The number of nitrogens with zero attached hydrogens (tertiary/aromatic N) is 1. The summed E-state index contributed by atoms with van der Waals surface area (Å²) < 4.78 is 6.64. The van der Waals surface area contributed by atoms with E-state index in [0.29, 0.717) is 6.61 Å². The number of anilines is 1. The molecular formula is C19H21BrN2O2S. The van der Waals surface area contributed by atoms with Gasteiger partial charge in [0, 0.05) is 5.56 Å². The number of thiazole rings is 1. The first-order valence-corrected chi connectivity index (χ1v) is 8.77. The summed E-state index contributed by atoms with van der Waals surface area (Å²) in [5.41, 5.74) is 3.88. The number of hydrogen-bond donors (Lipinski definition) is 1. The maximum absolute atomic E-state index is 12.4. The molecule has 3 aromatic rings. The van der Waals surface area contributed by atoms with Crippen LogP contribution in [0.25, 0.3) is 10.2 Å². The number of Topliss-reactive ketones (excluding diaryl/α,β-unsaturated/α-hetero) is 1. The highest BCUT2D eigenvalue weighted by Gasteiger charge is 2.11. The molecule has 0 fully saturated rings. The van der Waals surface area contributed by atoms with Crippen molar-refractivity contribution in [1.82, 2.24) is 4.98 Å². The van der Waals surface area contributed by atoms with E-state index in [4.69, 9.17) is 4.74 Å². The van der Waals surface area contributed by atoms with E-state index in [9.17, 15) is 4.79 Å². The standard InChI is InChI=1S/C19H20N2O2S.BrH/c1-4-23-16-6-5-7-17-18(16)21-19(24-17)20-11-15(22)14-9-8-12(2)13(3)10-14;/h5-10H,4,11H2,1-3H3,(H,20,21);1H. The maximum Gasteiger partial charge on any atom is 0.184 e. The van der Waals surface area contributed by atoms with Gasteiger partial charge in [0.05, 0.1) is 17.9 Å². The Kier molecular flexibility index (Phi) is 6.56. The van der Waals surface area contributed by atoms with E-state index in [2.05, 4.69) is 10.3 Å². The van der Waals surface area contributed by atoms with Gasteiger partial charge in [-0.25, -0.2) is 4.98 Å². The molecule has 0 bridgehead atoms. The molecule has 6 heteroatoms. The summed E-state index contributed by atoms with van der Waals surface area (Å²) in [7, 11) is 0. The van der Waals surface area contributed by atoms with Crippen LogP contribution < -0.4 is 10.1 Å². The summed E-state index contributed by atoms with van der Waals surface area (Å²) in [4.78, 5) is 16.9. The minimum Gasteiger partial charge on any atom is -0.492 e. The SMILES string of the molecule is Br.CCOc1cccc2sc(NCC(=O)c3ccc(C)c(C)c3)nc12. The van der Waals surface area contributed by atoms with Crippen molar-refractivity contribution in [1.29, 1.82) is 0 Å². The largest absolute Gasteiger partial charge is 0.492 e. The Morgan fingerprint density at radius 2 is 2.00 bits per heavy atom. The molecule has 1 N–H and O–H groups in total. The third-order valence-corrected chi connectivity index (χ3v) is 4.89. The number of nitrogens with one attached hydrogen (secondary N) is 1. The zero-order valence-electron chi connectivity index (χ0n) is 14.5. The number of hydrogen-bond acceptors (Lipinski definition) is 5. The third-order valence-electron chi connectivity index (χ3n) is 3.91. The average molecular weight is 421 g/mol. The van der Waals surface area contributed by atoms with E-state index in [-0.39, 0.29) is 29.3 Å². The number of halogens is 1. The fourth-order valence-corrected chi connectivity index (χ4v) is 3.32. The number of aryl methyl sites for hydroxylation is 2. The lowest BCUT2D eigenvalue weighted by atomic mass is 10.0. The lowest BCUT2D eigenvalue weighted by molar-refractivity contribution is 0.101. The van der Waals surface area contributed by atoms with Crippen LogP contribution in [-0.4, -0.2) is 23.9 Å². The van der Waals surface area contributed by atoms with E-state index in [1.807, 2.05) is 57.2 Å². The smallest absolute Gasteiger partial charge is 0.184 e. The zero-order chi connectivity index (χ0) is 17.1. The van der Waals surface area contributed by atoms with E-state index in [1.54, 1.807) is 0 Å². The third kappa shape index (κ3) is 4.38. The molecule has 0 unspecified atom stereocenters. The summed E-state index contributed by atoms with van der Waals surface area (Å²) in [5.74, 6) is 0.835. The van der Waals surface area contributed by atoms with Crippen LogP contribution in [0.4, 0.5) is 5.13 Å². The first-order chi connectivity index (χ1) is 11.6. The molecule has 25 heavy (non-hydrogen) atoms. The van der Waals surface area contributed by atoms with Crippen molar-refractivity contribution in [2.45, 2.75) is 20.8 Å². The zero-order valence-corrected chi connectivity index (χ0v) is 17.0. The van der Waals surface area contributed by atoms with Crippen LogP contribution in [0.15, 0.2) is 36.4 Å². The van der Waals surface area contributed by atoms with Crippen LogP contribution in [0.2, 0.25) is 0 Å². The minimum absolute atomic E-state index is 0. The highest BCUT2D eigenvalue weighted by atomic mass is 79.9. The normalized spacial score (nSPS) is 10.4. The summed E-state index contributed by atoms with van der Waals surface area (Å²) in [6, 6.07) is 11.7. The molecule has 132 valence electrons. The highest BCUT2D eigenvalue weighted by Crippen LogP contribution is 2.32. The average Bonchev–Trinajstić information content (AvgIpc) is 2.99. The lowest BCUT2D eigenvalue weighted by Crippen LogP contribution is -2.14. The Bertz CT molecular complexity index is 892. The van der Waals surface area contributed by atoms with Gasteiger partial charge in [-0.1, -0.05) is 29.5 Å². The molecule has 1 aromatic heterocycles. The van der Waals surface area contributed by atoms with Crippen LogP contribution in [0.3, 0.4) is 0 Å².